The summed E-state index contributed by atoms with van der Waals surface area (Å²) < 4.78 is 0. The highest BCUT2D eigenvalue weighted by Gasteiger charge is 2.17. The van der Waals surface area contributed by atoms with Crippen molar-refractivity contribution < 1.29 is 0 Å². The van der Waals surface area contributed by atoms with E-state index >= 15 is 0 Å². The minimum atomic E-state index is 0.898. The van der Waals surface area contributed by atoms with Crippen LogP contribution in [0, 0.1) is 0 Å². The Morgan fingerprint density at radius 3 is 1.71 bits per heavy atom. The third-order valence-electron chi connectivity index (χ3n) is 1.73. The fraction of sp³-hybridized carbons (Fsp3) is 1.00. The van der Waals surface area contributed by atoms with Gasteiger partial charge < -0.3 is 0 Å². The van der Waals surface area contributed by atoms with Gasteiger partial charge in [-0.05, 0) is 0 Å². The first-order valence-electron chi connectivity index (χ1n) is 3.14. The van der Waals surface area contributed by atoms with E-state index in [1.54, 1.807) is 0 Å². The summed E-state index contributed by atoms with van der Waals surface area (Å²) in [4.78, 5) is 0. The molecule has 39 valence electrons. The van der Waals surface area contributed by atoms with Gasteiger partial charge in [0, 0.05) is 0 Å². The van der Waals surface area contributed by atoms with Gasteiger partial charge >= 0.3 is 0 Å². The number of hydrogen-bond donors (Lipinski definition) is 0. The Labute approximate surface area is 46.5 Å². The summed E-state index contributed by atoms with van der Waals surface area (Å²) in [6.45, 7) is 4.59. The van der Waals surface area contributed by atoms with Crippen LogP contribution in [0.25, 0.3) is 0 Å². The van der Waals surface area contributed by atoms with Gasteiger partial charge in [0.15, 0.2) is 0 Å². The molecule has 0 saturated carbocycles. The average molecular weight is 95.0 g/mol. The number of rotatable bonds is 0. The van der Waals surface area contributed by atoms with Crippen molar-refractivity contribution >= 4 is 7.28 Å². The molecule has 1 heteroatoms. The standard InChI is InChI=1S/C6H12B/c1-5-3-4-6(2)7-5/h5-6H,3-4H2,1-2H3. The van der Waals surface area contributed by atoms with E-state index in [2.05, 4.69) is 21.1 Å². The minimum Gasteiger partial charge on any atom is -0.0714 e. The first-order valence-corrected chi connectivity index (χ1v) is 3.14. The molecule has 0 aliphatic carbocycles. The minimum absolute atomic E-state index is 0.898. The topological polar surface area (TPSA) is 0 Å². The normalized spacial score (nSPS) is 40.9. The molecule has 0 aromatic rings. The van der Waals surface area contributed by atoms with Crippen LogP contribution < -0.4 is 0 Å². The van der Waals surface area contributed by atoms with E-state index in [1.165, 1.54) is 12.8 Å². The average Bonchev–Trinajstić information content (AvgIpc) is 1.87. The molecule has 1 aliphatic rings. The van der Waals surface area contributed by atoms with Crippen molar-refractivity contribution in [1.29, 1.82) is 0 Å². The maximum absolute atomic E-state index is 2.44. The van der Waals surface area contributed by atoms with Crippen LogP contribution in [0.3, 0.4) is 0 Å². The Morgan fingerprint density at radius 1 is 1.14 bits per heavy atom. The van der Waals surface area contributed by atoms with E-state index in [1.807, 2.05) is 0 Å². The van der Waals surface area contributed by atoms with Crippen LogP contribution in [0.15, 0.2) is 0 Å². The molecule has 0 nitrogen and oxygen atoms in total. The second kappa shape index (κ2) is 1.89. The Kier molecular flexibility index (Phi) is 1.41. The highest BCUT2D eigenvalue weighted by molar-refractivity contribution is 6.40. The molecule has 0 amide bonds. The van der Waals surface area contributed by atoms with Gasteiger partial charge in [-0.1, -0.05) is 38.3 Å². The quantitative estimate of drug-likeness (QED) is 0.404. The van der Waals surface area contributed by atoms with Gasteiger partial charge in [-0.15, -0.1) is 0 Å². The molecular formula is C6H12B. The molecule has 1 radical (unpaired) electrons. The van der Waals surface area contributed by atoms with E-state index in [-0.39, 0.29) is 0 Å². The zero-order chi connectivity index (χ0) is 5.28. The van der Waals surface area contributed by atoms with Gasteiger partial charge in [-0.2, -0.15) is 0 Å². The lowest BCUT2D eigenvalue weighted by Gasteiger charge is -1.93. The summed E-state index contributed by atoms with van der Waals surface area (Å²) in [5.41, 5.74) is 0. The van der Waals surface area contributed by atoms with Crippen molar-refractivity contribution in [3.63, 3.8) is 0 Å². The van der Waals surface area contributed by atoms with Crippen LogP contribution in [0.5, 0.6) is 0 Å². The third-order valence-corrected chi connectivity index (χ3v) is 1.73. The van der Waals surface area contributed by atoms with E-state index < -0.39 is 0 Å². The van der Waals surface area contributed by atoms with Crippen molar-refractivity contribution in [1.82, 2.24) is 0 Å². The van der Waals surface area contributed by atoms with Gasteiger partial charge in [0.25, 0.3) is 0 Å². The fourth-order valence-electron chi connectivity index (χ4n) is 1.28. The summed E-state index contributed by atoms with van der Waals surface area (Å²) in [5.74, 6) is 1.80. The van der Waals surface area contributed by atoms with Crippen molar-refractivity contribution in [2.24, 2.45) is 0 Å². The Hall–Kier alpha value is 0.0649. The smallest absolute Gasteiger partial charge is 0.0714 e. The van der Waals surface area contributed by atoms with Crippen molar-refractivity contribution in [3.8, 4) is 0 Å². The summed E-state index contributed by atoms with van der Waals surface area (Å²) in [5, 5.41) is 0. The van der Waals surface area contributed by atoms with E-state index in [0.29, 0.717) is 0 Å². The van der Waals surface area contributed by atoms with Crippen molar-refractivity contribution in [2.45, 2.75) is 38.3 Å². The molecule has 0 bridgehead atoms. The van der Waals surface area contributed by atoms with Gasteiger partial charge in [-0.3, -0.25) is 0 Å². The van der Waals surface area contributed by atoms with Crippen LogP contribution in [0.2, 0.25) is 11.6 Å². The molecule has 1 rings (SSSR count). The first kappa shape index (κ1) is 5.21. The van der Waals surface area contributed by atoms with Crippen molar-refractivity contribution in [3.05, 3.63) is 0 Å². The first-order chi connectivity index (χ1) is 3.29. The highest BCUT2D eigenvalue weighted by Crippen LogP contribution is 2.30. The predicted octanol–water partition coefficient (Wildman–Crippen LogP) is 2.10. The molecule has 2 unspecified atom stereocenters. The van der Waals surface area contributed by atoms with Crippen LogP contribution in [-0.4, -0.2) is 7.28 Å². The lowest BCUT2D eigenvalue weighted by Crippen LogP contribution is -1.91. The Bertz CT molecular complexity index is 53.2. The van der Waals surface area contributed by atoms with E-state index in [4.69, 9.17) is 0 Å². The summed E-state index contributed by atoms with van der Waals surface area (Å²) in [6.07, 6.45) is 2.84. The monoisotopic (exact) mass is 95.1 g/mol. The molecule has 1 saturated heterocycles. The molecule has 2 atom stereocenters. The zero-order valence-corrected chi connectivity index (χ0v) is 5.15. The molecule has 7 heavy (non-hydrogen) atoms. The fourth-order valence-corrected chi connectivity index (χ4v) is 1.28. The largest absolute Gasteiger partial charge is 0.117 e. The maximum Gasteiger partial charge on any atom is 0.117 e. The second-order valence-electron chi connectivity index (χ2n) is 2.72. The van der Waals surface area contributed by atoms with Crippen molar-refractivity contribution in [2.75, 3.05) is 0 Å². The van der Waals surface area contributed by atoms with Gasteiger partial charge in [0.05, 0.1) is 0 Å². The van der Waals surface area contributed by atoms with Crippen LogP contribution in [-0.2, 0) is 0 Å². The van der Waals surface area contributed by atoms with Gasteiger partial charge in [0.1, 0.15) is 7.28 Å². The molecule has 0 aromatic carbocycles. The molecule has 1 heterocycles. The summed E-state index contributed by atoms with van der Waals surface area (Å²) in [7, 11) is 2.44. The molecule has 0 N–H and O–H groups in total. The predicted molar refractivity (Wildman–Crippen MR) is 33.8 cm³/mol. The summed E-state index contributed by atoms with van der Waals surface area (Å²) in [6, 6.07) is 0. The number of hydrogen-bond acceptors (Lipinski definition) is 0. The maximum atomic E-state index is 2.44. The molecular weight excluding hydrogens is 82.9 g/mol. The molecule has 1 aliphatic heterocycles. The van der Waals surface area contributed by atoms with Gasteiger partial charge in [0.2, 0.25) is 0 Å². The zero-order valence-electron chi connectivity index (χ0n) is 5.15. The second-order valence-corrected chi connectivity index (χ2v) is 2.72. The van der Waals surface area contributed by atoms with Crippen LogP contribution >= 0.6 is 0 Å². The summed E-state index contributed by atoms with van der Waals surface area (Å²) >= 11 is 0. The van der Waals surface area contributed by atoms with Gasteiger partial charge in [-0.25, -0.2) is 0 Å². The highest BCUT2D eigenvalue weighted by atomic mass is 14.1. The molecule has 1 fully saturated rings. The van der Waals surface area contributed by atoms with E-state index in [9.17, 15) is 0 Å². The molecule has 0 aromatic heterocycles. The van der Waals surface area contributed by atoms with Crippen LogP contribution in [0.1, 0.15) is 26.7 Å². The van der Waals surface area contributed by atoms with E-state index in [0.717, 1.165) is 11.6 Å². The third kappa shape index (κ3) is 1.22. The lowest BCUT2D eigenvalue weighted by atomic mass is 9.62. The Balaban J connectivity index is 2.26. The lowest BCUT2D eigenvalue weighted by molar-refractivity contribution is 0.765. The van der Waals surface area contributed by atoms with Crippen LogP contribution in [0.4, 0.5) is 0 Å². The SMILES string of the molecule is CC1[B]C(C)CC1. The molecule has 0 spiro atoms. The Morgan fingerprint density at radius 2 is 1.57 bits per heavy atom.